The van der Waals surface area contributed by atoms with Gasteiger partial charge in [0.05, 0.1) is 35.3 Å². The molecular formula is C21H21Br2N3O4. The van der Waals surface area contributed by atoms with E-state index >= 15 is 0 Å². The number of rotatable bonds is 5. The molecule has 0 atom stereocenters. The summed E-state index contributed by atoms with van der Waals surface area (Å²) in [5.74, 6) is 1.05. The van der Waals surface area contributed by atoms with E-state index in [0.717, 1.165) is 4.68 Å². The van der Waals surface area contributed by atoms with E-state index in [9.17, 15) is 9.59 Å². The number of aromatic nitrogens is 2. The van der Waals surface area contributed by atoms with E-state index in [2.05, 4.69) is 62.7 Å². The summed E-state index contributed by atoms with van der Waals surface area (Å²) < 4.78 is 13.5. The Balaban J connectivity index is 2.04. The van der Waals surface area contributed by atoms with E-state index in [0.29, 0.717) is 43.5 Å². The standard InChI is InChI=1S/C21H21Br2N3O4/c1-21(2,3)11-30-18-15(29-4)9-12(16(22)17(18)23)10-24-26-19(27)13-7-5-6-8-14(13)25-20(26)28/h5-10H,11H2,1-4H3,(H,25,28). The van der Waals surface area contributed by atoms with Gasteiger partial charge in [0.2, 0.25) is 0 Å². The van der Waals surface area contributed by atoms with E-state index in [1.807, 2.05) is 0 Å². The summed E-state index contributed by atoms with van der Waals surface area (Å²) in [6.45, 7) is 6.70. The molecule has 2 aromatic carbocycles. The Labute approximate surface area is 190 Å². The zero-order valence-corrected chi connectivity index (χ0v) is 20.1. The van der Waals surface area contributed by atoms with Crippen LogP contribution in [0, 0.1) is 5.41 Å². The summed E-state index contributed by atoms with van der Waals surface area (Å²) in [5.41, 5.74) is -0.0960. The van der Waals surface area contributed by atoms with Crippen molar-refractivity contribution in [2.75, 3.05) is 13.7 Å². The van der Waals surface area contributed by atoms with Gasteiger partial charge < -0.3 is 14.5 Å². The normalized spacial score (nSPS) is 11.9. The van der Waals surface area contributed by atoms with Gasteiger partial charge >= 0.3 is 5.69 Å². The predicted molar refractivity (Wildman–Crippen MR) is 125 cm³/mol. The first-order valence-corrected chi connectivity index (χ1v) is 10.7. The second-order valence-corrected chi connectivity index (χ2v) is 9.40. The summed E-state index contributed by atoms with van der Waals surface area (Å²) in [4.78, 5) is 27.6. The van der Waals surface area contributed by atoms with Gasteiger partial charge in [0, 0.05) is 10.0 Å². The van der Waals surface area contributed by atoms with Crippen molar-refractivity contribution in [1.82, 2.24) is 9.66 Å². The van der Waals surface area contributed by atoms with Gasteiger partial charge in [-0.2, -0.15) is 5.10 Å². The third-order valence-corrected chi connectivity index (χ3v) is 6.26. The smallest absolute Gasteiger partial charge is 0.349 e. The van der Waals surface area contributed by atoms with Crippen molar-refractivity contribution >= 4 is 49.0 Å². The predicted octanol–water partition coefficient (Wildman–Crippen LogP) is 4.53. The molecule has 1 N–H and O–H groups in total. The van der Waals surface area contributed by atoms with E-state index in [-0.39, 0.29) is 5.41 Å². The molecule has 7 nitrogen and oxygen atoms in total. The number of nitrogens with zero attached hydrogens (tertiary/aromatic N) is 2. The molecule has 0 saturated heterocycles. The Morgan fingerprint density at radius 1 is 1.17 bits per heavy atom. The lowest BCUT2D eigenvalue weighted by molar-refractivity contribution is 0.190. The lowest BCUT2D eigenvalue weighted by Crippen LogP contribution is -2.32. The van der Waals surface area contributed by atoms with Crippen LogP contribution in [0.3, 0.4) is 0 Å². The summed E-state index contributed by atoms with van der Waals surface area (Å²) in [6, 6.07) is 8.49. The van der Waals surface area contributed by atoms with E-state index in [1.54, 1.807) is 37.4 Å². The molecule has 0 amide bonds. The zero-order chi connectivity index (χ0) is 22.1. The highest BCUT2D eigenvalue weighted by molar-refractivity contribution is 9.13. The first-order valence-electron chi connectivity index (χ1n) is 9.09. The number of para-hydroxylation sites is 1. The fraction of sp³-hybridized carbons (Fsp3) is 0.286. The highest BCUT2D eigenvalue weighted by Gasteiger charge is 2.19. The van der Waals surface area contributed by atoms with Gasteiger partial charge in [0.15, 0.2) is 11.5 Å². The maximum Gasteiger partial charge on any atom is 0.349 e. The number of H-pyrrole nitrogens is 1. The van der Waals surface area contributed by atoms with Crippen LogP contribution in [0.1, 0.15) is 26.3 Å². The van der Waals surface area contributed by atoms with Crippen LogP contribution in [-0.2, 0) is 0 Å². The molecule has 0 radical (unpaired) electrons. The number of hydrogen-bond donors (Lipinski definition) is 1. The Morgan fingerprint density at radius 3 is 2.53 bits per heavy atom. The third-order valence-electron chi connectivity index (χ3n) is 4.12. The van der Waals surface area contributed by atoms with E-state index < -0.39 is 11.2 Å². The maximum atomic E-state index is 12.6. The van der Waals surface area contributed by atoms with Gasteiger partial charge in [-0.05, 0) is 55.5 Å². The van der Waals surface area contributed by atoms with Gasteiger partial charge in [-0.3, -0.25) is 4.79 Å². The van der Waals surface area contributed by atoms with Gasteiger partial charge in [-0.1, -0.05) is 32.9 Å². The molecule has 0 bridgehead atoms. The minimum atomic E-state index is -0.623. The van der Waals surface area contributed by atoms with E-state index in [1.165, 1.54) is 6.21 Å². The van der Waals surface area contributed by atoms with Crippen molar-refractivity contribution in [2.24, 2.45) is 10.5 Å². The van der Waals surface area contributed by atoms with Crippen LogP contribution in [-0.4, -0.2) is 29.6 Å². The molecule has 1 heterocycles. The summed E-state index contributed by atoms with van der Waals surface area (Å²) in [7, 11) is 1.54. The molecule has 0 spiro atoms. The number of methoxy groups -OCH3 is 1. The maximum absolute atomic E-state index is 12.6. The molecule has 0 unspecified atom stereocenters. The fourth-order valence-electron chi connectivity index (χ4n) is 2.65. The van der Waals surface area contributed by atoms with Crippen molar-refractivity contribution in [1.29, 1.82) is 0 Å². The van der Waals surface area contributed by atoms with Crippen LogP contribution in [0.5, 0.6) is 11.5 Å². The molecule has 158 valence electrons. The Hall–Kier alpha value is -2.39. The SMILES string of the molecule is COc1cc(C=Nn2c(=O)[nH]c3ccccc3c2=O)c(Br)c(Br)c1OCC(C)(C)C. The lowest BCUT2D eigenvalue weighted by Gasteiger charge is -2.21. The van der Waals surface area contributed by atoms with Gasteiger partial charge in [0.1, 0.15) is 0 Å². The molecule has 3 aromatic rings. The van der Waals surface area contributed by atoms with Crippen molar-refractivity contribution in [3.8, 4) is 11.5 Å². The molecule has 0 saturated carbocycles. The lowest BCUT2D eigenvalue weighted by atomic mass is 9.99. The average Bonchev–Trinajstić information content (AvgIpc) is 2.69. The van der Waals surface area contributed by atoms with Crippen LogP contribution in [0.25, 0.3) is 10.9 Å². The highest BCUT2D eigenvalue weighted by atomic mass is 79.9. The average molecular weight is 539 g/mol. The Bertz CT molecular complexity index is 1240. The van der Waals surface area contributed by atoms with Crippen molar-refractivity contribution in [3.05, 3.63) is 65.7 Å². The molecule has 0 aliphatic carbocycles. The topological polar surface area (TPSA) is 85.7 Å². The van der Waals surface area contributed by atoms with Crippen molar-refractivity contribution < 1.29 is 9.47 Å². The molecule has 0 aliphatic heterocycles. The molecule has 3 rings (SSSR count). The number of nitrogens with one attached hydrogen (secondary N) is 1. The first kappa shape index (κ1) is 22.3. The number of halogens is 2. The van der Waals surface area contributed by atoms with Crippen LogP contribution in [0.2, 0.25) is 0 Å². The molecule has 0 aliphatic rings. The fourth-order valence-corrected chi connectivity index (χ4v) is 3.59. The van der Waals surface area contributed by atoms with E-state index in [4.69, 9.17) is 9.47 Å². The number of benzene rings is 2. The van der Waals surface area contributed by atoms with Crippen LogP contribution < -0.4 is 20.7 Å². The molecular weight excluding hydrogens is 518 g/mol. The summed E-state index contributed by atoms with van der Waals surface area (Å²) in [5, 5.41) is 4.48. The minimum Gasteiger partial charge on any atom is -0.493 e. The molecule has 9 heteroatoms. The number of aromatic amines is 1. The number of fused-ring (bicyclic) bond motifs is 1. The molecule has 1 aromatic heterocycles. The minimum absolute atomic E-state index is 0.0324. The van der Waals surface area contributed by atoms with Gasteiger partial charge in [0.25, 0.3) is 5.56 Å². The van der Waals surface area contributed by atoms with Crippen molar-refractivity contribution in [2.45, 2.75) is 20.8 Å². The Morgan fingerprint density at radius 2 is 1.87 bits per heavy atom. The number of ether oxygens (including phenoxy) is 2. The van der Waals surface area contributed by atoms with Crippen LogP contribution >= 0.6 is 31.9 Å². The second kappa shape index (κ2) is 8.77. The summed E-state index contributed by atoms with van der Waals surface area (Å²) in [6.07, 6.45) is 1.41. The molecule has 0 fully saturated rings. The van der Waals surface area contributed by atoms with Crippen molar-refractivity contribution in [3.63, 3.8) is 0 Å². The summed E-state index contributed by atoms with van der Waals surface area (Å²) >= 11 is 7.05. The zero-order valence-electron chi connectivity index (χ0n) is 17.0. The third kappa shape index (κ3) is 4.67. The molecule has 30 heavy (non-hydrogen) atoms. The Kier molecular flexibility index (Phi) is 6.52. The largest absolute Gasteiger partial charge is 0.493 e. The second-order valence-electron chi connectivity index (χ2n) is 7.81. The van der Waals surface area contributed by atoms with Crippen LogP contribution in [0.4, 0.5) is 0 Å². The first-order chi connectivity index (χ1) is 14.1. The monoisotopic (exact) mass is 537 g/mol. The quantitative estimate of drug-likeness (QED) is 0.483. The van der Waals surface area contributed by atoms with Gasteiger partial charge in [-0.15, -0.1) is 4.68 Å². The highest BCUT2D eigenvalue weighted by Crippen LogP contribution is 2.42. The number of hydrogen-bond acceptors (Lipinski definition) is 5. The van der Waals surface area contributed by atoms with Gasteiger partial charge in [-0.25, -0.2) is 4.79 Å². The van der Waals surface area contributed by atoms with Crippen LogP contribution in [0.15, 0.2) is 54.0 Å².